The third-order valence-corrected chi connectivity index (χ3v) is 4.28. The van der Waals surface area contributed by atoms with Crippen molar-refractivity contribution in [1.82, 2.24) is 15.0 Å². The first-order valence-corrected chi connectivity index (χ1v) is 7.18. The molecular weight excluding hydrogens is 352 g/mol. The van der Waals surface area contributed by atoms with Gasteiger partial charge in [-0.15, -0.1) is 0 Å². The first-order chi connectivity index (χ1) is 9.13. The molecule has 96 valence electrons. The van der Waals surface area contributed by atoms with Crippen molar-refractivity contribution in [3.05, 3.63) is 44.4 Å². The molecule has 0 saturated heterocycles. The maximum atomic E-state index is 11.4. The minimum atomic E-state index is -0.248. The van der Waals surface area contributed by atoms with E-state index in [1.807, 2.05) is 12.1 Å². The standard InChI is InChI=1S/C11H6BrClN4OS/c12-8-9(14-4-15-10(8)18)17-11-16-6-2-1-5(13)3-7(6)19-11/h1-4H,(H2,14,15,16,17,18). The highest BCUT2D eigenvalue weighted by Crippen LogP contribution is 2.30. The van der Waals surface area contributed by atoms with Crippen molar-refractivity contribution in [2.45, 2.75) is 0 Å². The van der Waals surface area contributed by atoms with Gasteiger partial charge in [-0.25, -0.2) is 9.97 Å². The zero-order valence-electron chi connectivity index (χ0n) is 9.28. The number of aromatic amines is 1. The molecule has 8 heteroatoms. The summed E-state index contributed by atoms with van der Waals surface area (Å²) in [5.74, 6) is 0.425. The van der Waals surface area contributed by atoms with Gasteiger partial charge in [0.05, 0.1) is 16.5 Å². The number of hydrogen-bond acceptors (Lipinski definition) is 5. The summed E-state index contributed by atoms with van der Waals surface area (Å²) in [6.45, 7) is 0. The average molecular weight is 358 g/mol. The number of hydrogen-bond donors (Lipinski definition) is 2. The second-order valence-electron chi connectivity index (χ2n) is 3.65. The molecule has 0 aliphatic rings. The van der Waals surface area contributed by atoms with E-state index in [0.29, 0.717) is 20.4 Å². The lowest BCUT2D eigenvalue weighted by atomic mass is 10.3. The molecule has 3 aromatic rings. The number of rotatable bonds is 2. The van der Waals surface area contributed by atoms with E-state index < -0.39 is 0 Å². The van der Waals surface area contributed by atoms with Gasteiger partial charge in [-0.3, -0.25) is 4.79 Å². The maximum absolute atomic E-state index is 11.4. The van der Waals surface area contributed by atoms with Gasteiger partial charge in [0.1, 0.15) is 4.47 Å². The van der Waals surface area contributed by atoms with Crippen LogP contribution in [-0.2, 0) is 0 Å². The normalized spacial score (nSPS) is 10.8. The Kier molecular flexibility index (Phi) is 3.26. The van der Waals surface area contributed by atoms with Gasteiger partial charge in [-0.05, 0) is 34.1 Å². The number of benzene rings is 1. The fourth-order valence-electron chi connectivity index (χ4n) is 1.52. The molecule has 5 nitrogen and oxygen atoms in total. The molecule has 0 unspecified atom stereocenters. The number of nitrogens with zero attached hydrogens (tertiary/aromatic N) is 2. The summed E-state index contributed by atoms with van der Waals surface area (Å²) < 4.78 is 1.31. The average Bonchev–Trinajstić information content (AvgIpc) is 2.76. The highest BCUT2D eigenvalue weighted by molar-refractivity contribution is 9.10. The van der Waals surface area contributed by atoms with Gasteiger partial charge in [0.25, 0.3) is 5.56 Å². The van der Waals surface area contributed by atoms with Gasteiger partial charge in [-0.2, -0.15) is 0 Å². The minimum Gasteiger partial charge on any atom is -0.315 e. The molecule has 2 heterocycles. The number of nitrogens with one attached hydrogen (secondary N) is 2. The molecule has 19 heavy (non-hydrogen) atoms. The summed E-state index contributed by atoms with van der Waals surface area (Å²) in [5.41, 5.74) is 0.597. The van der Waals surface area contributed by atoms with E-state index in [1.165, 1.54) is 17.7 Å². The van der Waals surface area contributed by atoms with Crippen LogP contribution in [0.1, 0.15) is 0 Å². The summed E-state index contributed by atoms with van der Waals surface area (Å²) in [5, 5.41) is 4.32. The Hall–Kier alpha value is -1.44. The van der Waals surface area contributed by atoms with E-state index in [0.717, 1.165) is 10.2 Å². The van der Waals surface area contributed by atoms with Crippen molar-refractivity contribution in [2.75, 3.05) is 5.32 Å². The third-order valence-electron chi connectivity index (χ3n) is 2.37. The fraction of sp³-hybridized carbons (Fsp3) is 0. The first-order valence-electron chi connectivity index (χ1n) is 5.20. The van der Waals surface area contributed by atoms with Gasteiger partial charge in [-0.1, -0.05) is 22.9 Å². The summed E-state index contributed by atoms with van der Waals surface area (Å²) >= 11 is 10.5. The molecule has 0 spiro atoms. The topological polar surface area (TPSA) is 70.7 Å². The van der Waals surface area contributed by atoms with E-state index in [-0.39, 0.29) is 5.56 Å². The van der Waals surface area contributed by atoms with Gasteiger partial charge in [0.2, 0.25) is 0 Å². The predicted octanol–water partition coefficient (Wildman–Crippen LogP) is 3.54. The molecule has 0 saturated carbocycles. The van der Waals surface area contributed by atoms with Gasteiger partial charge in [0.15, 0.2) is 10.9 Å². The maximum Gasteiger partial charge on any atom is 0.267 e. The predicted molar refractivity (Wildman–Crippen MR) is 80.5 cm³/mol. The molecule has 2 N–H and O–H groups in total. The largest absolute Gasteiger partial charge is 0.315 e. The Morgan fingerprint density at radius 1 is 1.42 bits per heavy atom. The zero-order chi connectivity index (χ0) is 13.4. The second-order valence-corrected chi connectivity index (χ2v) is 5.91. The number of anilines is 2. The Labute approximate surface area is 124 Å². The van der Waals surface area contributed by atoms with Crippen LogP contribution in [0.5, 0.6) is 0 Å². The van der Waals surface area contributed by atoms with E-state index in [1.54, 1.807) is 6.07 Å². The van der Waals surface area contributed by atoms with Gasteiger partial charge < -0.3 is 10.3 Å². The van der Waals surface area contributed by atoms with Crippen LogP contribution in [0, 0.1) is 0 Å². The second kappa shape index (κ2) is 4.92. The molecule has 0 radical (unpaired) electrons. The molecule has 0 bridgehead atoms. The molecular formula is C11H6BrClN4OS. The highest BCUT2D eigenvalue weighted by atomic mass is 79.9. The van der Waals surface area contributed by atoms with Crippen molar-refractivity contribution in [2.24, 2.45) is 0 Å². The van der Waals surface area contributed by atoms with Crippen molar-refractivity contribution >= 4 is 60.0 Å². The smallest absolute Gasteiger partial charge is 0.267 e. The fourth-order valence-corrected chi connectivity index (χ4v) is 2.98. The summed E-state index contributed by atoms with van der Waals surface area (Å²) in [6, 6.07) is 5.48. The van der Waals surface area contributed by atoms with Crippen molar-refractivity contribution < 1.29 is 0 Å². The molecule has 0 amide bonds. The number of fused-ring (bicyclic) bond motifs is 1. The Balaban J connectivity index is 2.01. The molecule has 2 aromatic heterocycles. The number of halogens is 2. The monoisotopic (exact) mass is 356 g/mol. The van der Waals surface area contributed by atoms with Gasteiger partial charge in [0, 0.05) is 5.02 Å². The zero-order valence-corrected chi connectivity index (χ0v) is 12.4. The van der Waals surface area contributed by atoms with Crippen LogP contribution in [0.15, 0.2) is 33.8 Å². The van der Waals surface area contributed by atoms with E-state index in [4.69, 9.17) is 11.6 Å². The van der Waals surface area contributed by atoms with Crippen LogP contribution in [0.25, 0.3) is 10.2 Å². The van der Waals surface area contributed by atoms with Gasteiger partial charge >= 0.3 is 0 Å². The van der Waals surface area contributed by atoms with Crippen molar-refractivity contribution in [3.63, 3.8) is 0 Å². The van der Waals surface area contributed by atoms with E-state index >= 15 is 0 Å². The Morgan fingerprint density at radius 2 is 2.26 bits per heavy atom. The van der Waals surface area contributed by atoms with Crippen LogP contribution in [0.2, 0.25) is 5.02 Å². The highest BCUT2D eigenvalue weighted by Gasteiger charge is 2.09. The SMILES string of the molecule is O=c1[nH]cnc(Nc2nc3ccc(Cl)cc3s2)c1Br. The molecule has 1 aromatic carbocycles. The summed E-state index contributed by atoms with van der Waals surface area (Å²) in [4.78, 5) is 22.3. The van der Waals surface area contributed by atoms with Crippen LogP contribution in [0.3, 0.4) is 0 Å². The minimum absolute atomic E-state index is 0.248. The third kappa shape index (κ3) is 2.49. The molecule has 0 fully saturated rings. The molecule has 0 atom stereocenters. The van der Waals surface area contributed by atoms with Crippen molar-refractivity contribution in [3.8, 4) is 0 Å². The lowest BCUT2D eigenvalue weighted by Crippen LogP contribution is -2.09. The quantitative estimate of drug-likeness (QED) is 0.736. The molecule has 0 aliphatic carbocycles. The molecule has 0 aliphatic heterocycles. The van der Waals surface area contributed by atoms with Crippen molar-refractivity contribution in [1.29, 1.82) is 0 Å². The lowest BCUT2D eigenvalue weighted by molar-refractivity contribution is 1.10. The molecule has 3 rings (SSSR count). The van der Waals surface area contributed by atoms with Crippen LogP contribution in [0.4, 0.5) is 10.9 Å². The number of H-pyrrole nitrogens is 1. The lowest BCUT2D eigenvalue weighted by Gasteiger charge is -2.01. The number of thiazole rings is 1. The number of aromatic nitrogens is 3. The summed E-state index contributed by atoms with van der Waals surface area (Å²) in [7, 11) is 0. The van der Waals surface area contributed by atoms with Crippen LogP contribution >= 0.6 is 38.9 Å². The van der Waals surface area contributed by atoms with E-state index in [9.17, 15) is 4.79 Å². The summed E-state index contributed by atoms with van der Waals surface area (Å²) in [6.07, 6.45) is 1.33. The Morgan fingerprint density at radius 3 is 3.11 bits per heavy atom. The van der Waals surface area contributed by atoms with Crippen LogP contribution < -0.4 is 10.9 Å². The van der Waals surface area contributed by atoms with E-state index in [2.05, 4.69) is 36.2 Å². The first kappa shape index (κ1) is 12.6. The Bertz CT molecular complexity index is 816. The van der Waals surface area contributed by atoms with Crippen LogP contribution in [-0.4, -0.2) is 15.0 Å².